The third-order valence-corrected chi connectivity index (χ3v) is 1760. The van der Waals surface area contributed by atoms with E-state index in [2.05, 4.69) is 407 Å². The number of thiol groups is 1. The fourth-order valence-electron chi connectivity index (χ4n) is 7.83. The number of hydrogen-bond acceptors (Lipinski definition) is 37. The standard InChI is InChI=1S/C25H32N2O9S4.C17H25NO5S3.C15H23NO4S3.C10H19NO2S2.C2H4ClNO.C2H5NO.I12.I11.I10/c1-20(26-36-40(31,32)23-15-13-22(33-2)14-16-23)37-17-9-4-5-10-18-38-24(25(28)34-3)27-35-39(29,30)19-21-11-7-6-8-12-21;1-14(24-12-6-4-5-7-13-25-15(2)19)18-23-26(20,21)17-10-8-16(22-3)9-11-17;1-13(22-12-6-4-3-5-11-21)16-20-23(17,18)15-9-7-14(19-2)8-10-15;1-9(11-13)14-7-5-3-4-6-8-15-10(2)12;1-2(3)4-5;1-2-3-4;1-8(2)10(5)12(7)11(6)9(3)4;1-7-9(4)11(6)10(5)8(2)3;1-7(2)9(5)10(6)8(3)4/h6-8,11-16H,4-5,9-10,17-19H2,1-3H3;8-11H,4-7,12-13H2,1-3H3;7-10,21H,3-6,11-12H2,1-2H3;13H,3-8H2,1-2H3;5H,1H3;2,4H,1H3;;;/q;;;;;;;-1;/b26-20-,27-24-;18-14-;16-13-;11-9-;4-2-;3-2+;;;. The van der Waals surface area contributed by atoms with Gasteiger partial charge in [0.05, 0.1) is 28.4 Å². The van der Waals surface area contributed by atoms with Crippen LogP contribution in [0.3, 0.4) is 0 Å². The van der Waals surface area contributed by atoms with E-state index in [-0.39, 0.29) is 144 Å². The number of carbonyl (C=O) groups excluding carboxylic acids is 3. The second-order valence-corrected chi connectivity index (χ2v) is 690. The number of esters is 1. The minimum atomic E-state index is -4.02. The monoisotopic (exact) mass is 6020 g/mol. The van der Waals surface area contributed by atoms with Gasteiger partial charge in [0.2, 0.25) is 5.04 Å². The maximum absolute atomic E-state index is 12.2. The van der Waals surface area contributed by atoms with Crippen molar-refractivity contribution in [2.75, 3.05) is 74.5 Å². The molecule has 4 aromatic rings. The SMILES string of the molecule is C/C(Cl)=N/O.C/C=N/O.CC(=O)SCCCCCCS/C(C)=N\O.COC(=O)/C(=N/OS(=O)(=O)Cc1ccccc1)SCCCCCCS/C(C)=N\OS(=O)(=O)c1ccc(OC)cc1.COc1ccc(S(=O)(=O)O/N=C(/C)SCCCCCCS)cc1.COc1ccc(S(=O)(=O)O/N=C(/C)SCCCCCCSC(C)=O)cc1.II(I)I(I)I(I)I(I)I.II(I)I(I)I(I)I(I)I(I)I.I[I-]I(I)I(I)I(I)I(I)I. The molecule has 29 nitrogen and oxygen atoms in total. The Hall–Kier alpha value is 18.4. The number of ether oxygens (including phenoxy) is 4. The fraction of sp³-hybridized carbons (Fsp3) is 0.521. The van der Waals surface area contributed by atoms with E-state index in [0.717, 1.165) is 141 Å². The van der Waals surface area contributed by atoms with Gasteiger partial charge < -0.3 is 34.6 Å². The predicted molar refractivity (Wildman–Crippen MR) is 919 cm³/mol. The van der Waals surface area contributed by atoms with Gasteiger partial charge in [-0.1, -0.05) is 160 Å². The topological polar surface area (TPSA) is 409 Å². The van der Waals surface area contributed by atoms with Crippen LogP contribution in [0.5, 0.6) is 17.2 Å². The van der Waals surface area contributed by atoms with Crippen molar-refractivity contribution in [3.05, 3.63) is 109 Å². The summed E-state index contributed by atoms with van der Waals surface area (Å²) in [5, 5.41) is 49.1. The molecule has 0 aliphatic carbocycles. The van der Waals surface area contributed by atoms with Gasteiger partial charge in [-0.3, -0.25) is 26.7 Å². The molecule has 0 fully saturated rings. The zero-order valence-electron chi connectivity index (χ0n) is 78.1. The Kier molecular flexibility index (Phi) is 133. The first-order valence-corrected chi connectivity index (χ1v) is 241. The quantitative estimate of drug-likeness (QED) is 0.00466. The van der Waals surface area contributed by atoms with Crippen molar-refractivity contribution in [2.24, 2.45) is 36.1 Å². The van der Waals surface area contributed by atoms with E-state index in [1.807, 2.05) is 0 Å². The molecule has 0 aliphatic heterocycles. The number of benzene rings is 4. The Bertz CT molecular complexity index is 4800. The van der Waals surface area contributed by atoms with Gasteiger partial charge >= 0.3 is 516 Å². The minimum absolute atomic E-state index is 0.0199. The second-order valence-electron chi connectivity index (χ2n) is 24.6. The molecule has 4 rings (SSSR count). The van der Waals surface area contributed by atoms with Gasteiger partial charge in [0.1, 0.15) is 63.0 Å². The first kappa shape index (κ1) is 173. The van der Waals surface area contributed by atoms with Crippen LogP contribution in [-0.4, -0.2) is 177 Å². The van der Waals surface area contributed by atoms with Crippen LogP contribution in [0.2, 0.25) is 0 Å². The molecule has 3 N–H and O–H groups in total. The summed E-state index contributed by atoms with van der Waals surface area (Å²) in [5.74, 6) is 7.26. The Balaban J connectivity index is -0.000000550. The molecule has 0 saturated carbocycles. The molecule has 870 valence electrons. The Morgan fingerprint density at radius 3 is 0.890 bits per heavy atom. The van der Waals surface area contributed by atoms with E-state index < -0.39 is 46.4 Å². The van der Waals surface area contributed by atoms with Crippen LogP contribution >= 0.6 is 563 Å². The second kappa shape index (κ2) is 113. The van der Waals surface area contributed by atoms with Crippen molar-refractivity contribution in [2.45, 2.75) is 179 Å². The Morgan fingerprint density at radius 1 is 0.377 bits per heavy atom. The van der Waals surface area contributed by atoms with Gasteiger partial charge in [0, 0.05) is 31.6 Å². The van der Waals surface area contributed by atoms with Gasteiger partial charge in [-0.05, 0) is 206 Å². The van der Waals surface area contributed by atoms with Gasteiger partial charge in [-0.2, -0.15) is 46.3 Å². The number of nitrogens with zero attached hydrogens (tertiary/aromatic N) is 7. The van der Waals surface area contributed by atoms with E-state index in [4.69, 9.17) is 58.6 Å². The molecular formula is C71H108ClI33N7O22S12-. The maximum atomic E-state index is 12.2. The molecule has 0 amide bonds. The van der Waals surface area contributed by atoms with Crippen molar-refractivity contribution in [3.63, 3.8) is 0 Å². The summed E-state index contributed by atoms with van der Waals surface area (Å²) >= 11 is 73.6. The summed E-state index contributed by atoms with van der Waals surface area (Å²) in [4.78, 5) is 33.4. The number of hydrogen-bond donors (Lipinski definition) is 4. The number of halogens is 34. The number of oxime groups is 7. The van der Waals surface area contributed by atoms with Crippen molar-refractivity contribution in [1.29, 1.82) is 0 Å². The van der Waals surface area contributed by atoms with Crippen LogP contribution in [0.25, 0.3) is 0 Å². The molecule has 4 aromatic carbocycles. The summed E-state index contributed by atoms with van der Waals surface area (Å²) < 4.78 is 136. The van der Waals surface area contributed by atoms with Gasteiger partial charge in [-0.25, -0.2) is 4.79 Å². The molecule has 0 radical (unpaired) electrons. The molecule has 0 bridgehead atoms. The van der Waals surface area contributed by atoms with Gasteiger partial charge in [0.15, 0.2) is 10.2 Å². The third kappa shape index (κ3) is 102. The first-order valence-electron chi connectivity index (χ1n) is 39.2. The third-order valence-electron chi connectivity index (χ3n) is 14.1. The normalized spacial score (nSPS) is 13.1. The molecule has 0 saturated heterocycles. The fourth-order valence-corrected chi connectivity index (χ4v) is 3160. The summed E-state index contributed by atoms with van der Waals surface area (Å²) in [7, 11) is -14.3. The molecule has 0 aromatic heterocycles. The molecule has 75 heteroatoms. The number of carbonyl (C=O) groups is 3. The van der Waals surface area contributed by atoms with Crippen LogP contribution in [0, 0.1) is 0 Å². The first-order chi connectivity index (χ1) is 68.6. The van der Waals surface area contributed by atoms with Crippen LogP contribution < -0.4 is 27.5 Å². The number of methoxy groups -OCH3 is 4. The number of unbranched alkanes of at least 4 members (excludes halogenated alkanes) is 12. The van der Waals surface area contributed by atoms with Gasteiger partial charge in [-0.15, -0.1) is 52.2 Å². The summed E-state index contributed by atoms with van der Waals surface area (Å²) in [6, 6.07) is 26.2. The van der Waals surface area contributed by atoms with Crippen molar-refractivity contribution >= 4 is 656 Å². The van der Waals surface area contributed by atoms with Crippen molar-refractivity contribution in [1.82, 2.24) is 0 Å². The average molecular weight is 6020 g/mol. The van der Waals surface area contributed by atoms with E-state index >= 15 is 0 Å². The molecular weight excluding hydrogens is 5910 g/mol. The number of thioether (sulfide) groups is 7. The van der Waals surface area contributed by atoms with Crippen molar-refractivity contribution in [3.8, 4) is 17.2 Å². The van der Waals surface area contributed by atoms with Crippen LogP contribution in [-0.2, 0) is 82.5 Å². The predicted octanol–water partition coefficient (Wildman–Crippen LogP) is 43.3. The summed E-state index contributed by atoms with van der Waals surface area (Å²) in [6.45, 7) is 13.2. The zero-order valence-corrected chi connectivity index (χ0v) is 160. The molecule has 146 heavy (non-hydrogen) atoms. The van der Waals surface area contributed by atoms with Crippen LogP contribution in [0.4, 0.5) is 0 Å². The number of rotatable bonds is 54. The Labute approximate surface area is 1150 Å². The van der Waals surface area contributed by atoms with Crippen LogP contribution in [0.1, 0.15) is 164 Å². The van der Waals surface area contributed by atoms with E-state index in [0.29, 0.717) is 57.0 Å². The summed E-state index contributed by atoms with van der Waals surface area (Å²) in [6.07, 6.45) is 18.0. The average Bonchev–Trinajstić information content (AvgIpc) is 0.844. The Morgan fingerprint density at radius 2 is 0.644 bits per heavy atom. The van der Waals surface area contributed by atoms with Gasteiger partial charge in [0.25, 0.3) is 0 Å². The molecule has 0 unspecified atom stereocenters. The van der Waals surface area contributed by atoms with E-state index in [1.54, 1.807) is 115 Å². The van der Waals surface area contributed by atoms with E-state index in [1.165, 1.54) is 168 Å². The molecule has 0 spiro atoms. The van der Waals surface area contributed by atoms with Crippen LogP contribution in [0.15, 0.2) is 154 Å². The summed E-state index contributed by atoms with van der Waals surface area (Å²) in [5.41, 5.74) is 0.538. The zero-order chi connectivity index (χ0) is 112. The van der Waals surface area contributed by atoms with E-state index in [9.17, 15) is 48.1 Å². The molecule has 0 heterocycles. The molecule has 0 aliphatic rings. The molecule has 0 atom stereocenters. The van der Waals surface area contributed by atoms with Crippen molar-refractivity contribution < 1.29 is 113 Å².